The van der Waals surface area contributed by atoms with Crippen molar-refractivity contribution < 1.29 is 65.1 Å². The van der Waals surface area contributed by atoms with E-state index in [0.717, 1.165) is 32.8 Å². The molecule has 9 atom stereocenters. The molecule has 0 aliphatic rings. The van der Waals surface area contributed by atoms with E-state index in [1.807, 2.05) is 74.5 Å². The van der Waals surface area contributed by atoms with Crippen molar-refractivity contribution in [1.82, 2.24) is 44.5 Å². The lowest BCUT2D eigenvalue weighted by atomic mass is 10.0. The van der Waals surface area contributed by atoms with Crippen LogP contribution in [-0.2, 0) is 43.2 Å². The molecule has 0 aliphatic heterocycles. The number of nitrogens with zero attached hydrogens (tertiary/aromatic N) is 8. The average molecular weight is 1560 g/mol. The van der Waals surface area contributed by atoms with Gasteiger partial charge >= 0.3 is 0 Å². The summed E-state index contributed by atoms with van der Waals surface area (Å²) < 4.78 is 78.8. The van der Waals surface area contributed by atoms with Gasteiger partial charge in [-0.1, -0.05) is 243 Å². The number of halogens is 5. The monoisotopic (exact) mass is 1560 g/mol. The van der Waals surface area contributed by atoms with E-state index in [2.05, 4.69) is 5.32 Å². The Labute approximate surface area is 662 Å². The smallest absolute Gasteiger partial charge is 0.243 e. The summed E-state index contributed by atoms with van der Waals surface area (Å²) >= 11 is 0. The fourth-order valence-corrected chi connectivity index (χ4v) is 14.1. The molecular formula is C90H97F5N10O9. The van der Waals surface area contributed by atoms with Gasteiger partial charge in [0.15, 0.2) is 23.3 Å². The van der Waals surface area contributed by atoms with Crippen LogP contribution in [0.2, 0.25) is 0 Å². The maximum atomic E-state index is 16.4. The van der Waals surface area contributed by atoms with E-state index in [0.29, 0.717) is 38.3 Å². The van der Waals surface area contributed by atoms with Gasteiger partial charge in [0.1, 0.15) is 45.8 Å². The molecule has 19 nitrogen and oxygen atoms in total. The molecule has 9 aromatic rings. The van der Waals surface area contributed by atoms with Crippen LogP contribution in [0.4, 0.5) is 22.0 Å². The summed E-state index contributed by atoms with van der Waals surface area (Å²) in [6.45, 7) is 7.85. The maximum Gasteiger partial charge on any atom is 0.243 e. The number of nitrogens with two attached hydrogens (primary N) is 1. The van der Waals surface area contributed by atoms with Crippen LogP contribution < -0.4 is 11.1 Å². The van der Waals surface area contributed by atoms with Crippen LogP contribution in [0.15, 0.2) is 243 Å². The Bertz CT molecular complexity index is 4720. The van der Waals surface area contributed by atoms with E-state index < -0.39 is 189 Å². The van der Waals surface area contributed by atoms with Gasteiger partial charge in [-0.05, 0) is 107 Å². The zero-order chi connectivity index (χ0) is 82.4. The highest BCUT2D eigenvalue weighted by Gasteiger charge is 2.41. The summed E-state index contributed by atoms with van der Waals surface area (Å²) in [6.07, 6.45) is 0. The van der Waals surface area contributed by atoms with Gasteiger partial charge in [-0.25, -0.2) is 22.0 Å². The number of benzene rings is 9. The summed E-state index contributed by atoms with van der Waals surface area (Å²) in [4.78, 5) is 146. The second kappa shape index (κ2) is 40.3. The van der Waals surface area contributed by atoms with Gasteiger partial charge in [0.05, 0.1) is 67.0 Å². The molecule has 0 saturated heterocycles. The Kier molecular flexibility index (Phi) is 30.4. The van der Waals surface area contributed by atoms with Crippen LogP contribution in [0.1, 0.15) is 167 Å². The van der Waals surface area contributed by atoms with Crippen molar-refractivity contribution in [2.45, 2.75) is 117 Å². The largest absolute Gasteiger partial charge is 0.368 e. The van der Waals surface area contributed by atoms with Crippen LogP contribution in [0.5, 0.6) is 0 Å². The molecule has 0 aliphatic carbocycles. The molecule has 0 spiro atoms. The van der Waals surface area contributed by atoms with Crippen LogP contribution in [0.3, 0.4) is 0 Å². The molecule has 0 saturated carbocycles. The highest BCUT2D eigenvalue weighted by atomic mass is 19.2. The van der Waals surface area contributed by atoms with Crippen molar-refractivity contribution in [3.05, 3.63) is 322 Å². The molecule has 0 bridgehead atoms. The fourth-order valence-electron chi connectivity index (χ4n) is 14.1. The minimum Gasteiger partial charge on any atom is -0.368 e. The molecule has 9 rings (SSSR count). The van der Waals surface area contributed by atoms with Gasteiger partial charge in [-0.15, -0.1) is 0 Å². The average Bonchev–Trinajstić information content (AvgIpc) is 0.771. The third-order valence-corrected chi connectivity index (χ3v) is 21.3. The number of carbonyl (C=O) groups is 9. The number of hydrogen-bond acceptors (Lipinski definition) is 10. The highest BCUT2D eigenvalue weighted by Crippen LogP contribution is 2.35. The summed E-state index contributed by atoms with van der Waals surface area (Å²) in [5.74, 6) is -19.5. The molecule has 3 N–H and O–H groups in total. The fraction of sp³-hybridized carbons (Fsp3) is 0.300. The molecule has 0 heterocycles. The lowest BCUT2D eigenvalue weighted by molar-refractivity contribution is -0.152. The molecule has 0 unspecified atom stereocenters. The molecule has 0 radical (unpaired) electrons. The molecule has 24 heteroatoms. The number of carbonyl (C=O) groups excluding carboxylic acids is 9. The molecule has 596 valence electrons. The minimum absolute atomic E-state index is 0.156. The minimum atomic E-state index is -2.50. The van der Waals surface area contributed by atoms with E-state index in [9.17, 15) is 18.8 Å². The van der Waals surface area contributed by atoms with E-state index in [4.69, 9.17) is 5.73 Å². The van der Waals surface area contributed by atoms with Gasteiger partial charge in [0.2, 0.25) is 59.0 Å². The quantitative estimate of drug-likeness (QED) is 0.0215. The van der Waals surface area contributed by atoms with Crippen molar-refractivity contribution >= 4 is 53.2 Å². The Hall–Kier alpha value is -12.2. The van der Waals surface area contributed by atoms with Crippen molar-refractivity contribution in [2.24, 2.45) is 5.73 Å². The lowest BCUT2D eigenvalue weighted by Crippen LogP contribution is -2.53. The number of rotatable bonds is 36. The number of hydrogen-bond donors (Lipinski definition) is 2. The van der Waals surface area contributed by atoms with Crippen molar-refractivity contribution in [3.63, 3.8) is 0 Å². The first-order valence-corrected chi connectivity index (χ1v) is 37.9. The molecule has 0 fully saturated rings. The Morgan fingerprint density at radius 3 is 0.614 bits per heavy atom. The van der Waals surface area contributed by atoms with E-state index in [1.165, 1.54) is 19.6 Å². The van der Waals surface area contributed by atoms with Crippen molar-refractivity contribution in [1.29, 1.82) is 0 Å². The van der Waals surface area contributed by atoms with E-state index in [1.54, 1.807) is 224 Å². The summed E-state index contributed by atoms with van der Waals surface area (Å²) in [5.41, 5.74) is 9.04. The molecule has 114 heavy (non-hydrogen) atoms. The Balaban J connectivity index is 1.10. The number of nitrogens with one attached hydrogen (secondary N) is 1. The zero-order valence-corrected chi connectivity index (χ0v) is 65.4. The topological polar surface area (TPSA) is 218 Å². The van der Waals surface area contributed by atoms with Crippen LogP contribution in [0, 0.1) is 29.1 Å². The highest BCUT2D eigenvalue weighted by molar-refractivity contribution is 5.95. The van der Waals surface area contributed by atoms with Crippen molar-refractivity contribution in [2.75, 3.05) is 58.9 Å². The van der Waals surface area contributed by atoms with Gasteiger partial charge < -0.3 is 50.2 Å². The zero-order valence-electron chi connectivity index (χ0n) is 65.4. The molecular weight excluding hydrogens is 1460 g/mol. The van der Waals surface area contributed by atoms with E-state index in [-0.39, 0.29) is 12.6 Å². The molecule has 9 aromatic carbocycles. The van der Waals surface area contributed by atoms with Gasteiger partial charge in [0.25, 0.3) is 0 Å². The van der Waals surface area contributed by atoms with Crippen LogP contribution in [0.25, 0.3) is 0 Å². The van der Waals surface area contributed by atoms with Crippen molar-refractivity contribution in [3.8, 4) is 0 Å². The lowest BCUT2D eigenvalue weighted by Gasteiger charge is -2.39. The van der Waals surface area contributed by atoms with Gasteiger partial charge in [-0.3, -0.25) is 43.2 Å². The molecule has 0 aromatic heterocycles. The first kappa shape index (κ1) is 85.8. The standard InChI is InChI=1S/C90H97F5N10O9/c1-59(68-34-18-10-19-35-68)97-50-77(107)99(61(3)70-38-22-12-23-39-70)52-79(109)101(63(5)72-42-26-14-27-43-72)54-80(110)102(64(6)73-44-28-15-29-45-73)55-81(111)103(65(7)74-46-30-16-31-47-74)56-82(112)104(66(8)75-48-32-17-33-49-75)57-84(114)105(67(9)85-86(91)88(93)90(95)89(94)87(85)92)58-83(113)100(62(4)71-40-24-13-25-41-71)53-78(108)98(51-76(96)106)60(2)69-36-20-11-21-37-69/h10-49,59-67,97H,50-58H2,1-9H3,(H2,96,106)/t59-,60-,61-,62-,63-,64-,65-,66-,67-/m0/s1. The van der Waals surface area contributed by atoms with Gasteiger partial charge in [0, 0.05) is 6.04 Å². The normalized spacial score (nSPS) is 13.6. The number of amides is 9. The predicted octanol–water partition coefficient (Wildman–Crippen LogP) is 14.2. The third kappa shape index (κ3) is 21.5. The predicted molar refractivity (Wildman–Crippen MR) is 424 cm³/mol. The Morgan fingerprint density at radius 1 is 0.246 bits per heavy atom. The SMILES string of the molecule is C[C@H](NCC(=O)N(CC(=O)N(CC(=O)N(CC(=O)N(CC(=O)N(CC(=O)N(CC(=O)N(CC(=O)N(CC(N)=O)[C@@H](C)c1ccccc1)[C@@H](C)c1ccccc1)[C@@H](C)c1c(F)c(F)c(F)c(F)c1F)[C@@H](C)c1ccccc1)[C@@H](C)c1ccccc1)[C@@H](C)c1ccccc1)[C@@H](C)c1ccccc1)[C@@H](C)c1ccccc1)c1ccccc1. The Morgan fingerprint density at radius 2 is 0.412 bits per heavy atom. The third-order valence-electron chi connectivity index (χ3n) is 21.3. The maximum absolute atomic E-state index is 16.4. The van der Waals surface area contributed by atoms with E-state index >= 15 is 46.3 Å². The first-order chi connectivity index (χ1) is 54.6. The summed E-state index contributed by atoms with van der Waals surface area (Å²) in [6, 6.07) is 61.4. The summed E-state index contributed by atoms with van der Waals surface area (Å²) in [7, 11) is 0. The second-order valence-corrected chi connectivity index (χ2v) is 28.4. The van der Waals surface area contributed by atoms with Gasteiger partial charge in [-0.2, -0.15) is 0 Å². The van der Waals surface area contributed by atoms with Crippen LogP contribution in [-0.4, -0.2) is 151 Å². The molecule has 9 amide bonds. The first-order valence-electron chi connectivity index (χ1n) is 37.9. The summed E-state index contributed by atoms with van der Waals surface area (Å²) in [5, 5.41) is 3.31. The second-order valence-electron chi connectivity index (χ2n) is 28.4. The van der Waals surface area contributed by atoms with Crippen LogP contribution >= 0.6 is 0 Å². The number of primary amides is 1.